The van der Waals surface area contributed by atoms with Gasteiger partial charge < -0.3 is 10.1 Å². The van der Waals surface area contributed by atoms with Gasteiger partial charge in [0.1, 0.15) is 5.75 Å². The van der Waals surface area contributed by atoms with Crippen LogP contribution in [0.4, 0.5) is 5.69 Å². The second-order valence-corrected chi connectivity index (χ2v) is 5.11. The van der Waals surface area contributed by atoms with Crippen LogP contribution in [0, 0.1) is 13.8 Å². The molecule has 0 unspecified atom stereocenters. The highest BCUT2D eigenvalue weighted by Gasteiger charge is 2.07. The van der Waals surface area contributed by atoms with Crippen molar-refractivity contribution in [2.45, 2.75) is 33.7 Å². The maximum Gasteiger partial charge on any atom is 0.126 e. The Balaban J connectivity index is 2.10. The van der Waals surface area contributed by atoms with Crippen LogP contribution in [0.5, 0.6) is 5.75 Å². The van der Waals surface area contributed by atoms with E-state index in [-0.39, 0.29) is 0 Å². The number of rotatable bonds is 5. The van der Waals surface area contributed by atoms with Gasteiger partial charge in [-0.05, 0) is 43.0 Å². The second kappa shape index (κ2) is 6.47. The SMILES string of the molecule is CCc1ccc(CNc2ccc(C)c(OC)c2C)cc1. The van der Waals surface area contributed by atoms with Gasteiger partial charge in [-0.2, -0.15) is 0 Å². The molecule has 2 heteroatoms. The normalized spacial score (nSPS) is 10.4. The van der Waals surface area contributed by atoms with Crippen molar-refractivity contribution in [1.82, 2.24) is 0 Å². The molecule has 0 spiro atoms. The van der Waals surface area contributed by atoms with Gasteiger partial charge in [-0.15, -0.1) is 0 Å². The molecule has 0 aliphatic rings. The number of hydrogen-bond acceptors (Lipinski definition) is 2. The van der Waals surface area contributed by atoms with Gasteiger partial charge in [0.15, 0.2) is 0 Å². The third-order valence-corrected chi connectivity index (χ3v) is 3.72. The average Bonchev–Trinajstić information content (AvgIpc) is 2.47. The molecule has 2 aromatic rings. The largest absolute Gasteiger partial charge is 0.496 e. The molecule has 0 aliphatic carbocycles. The van der Waals surface area contributed by atoms with Crippen LogP contribution in [0.25, 0.3) is 0 Å². The fourth-order valence-corrected chi connectivity index (χ4v) is 2.42. The van der Waals surface area contributed by atoms with E-state index in [0.717, 1.165) is 30.0 Å². The lowest BCUT2D eigenvalue weighted by Crippen LogP contribution is -2.03. The first-order valence-electron chi connectivity index (χ1n) is 7.11. The Morgan fingerprint density at radius 1 is 0.950 bits per heavy atom. The van der Waals surface area contributed by atoms with Crippen LogP contribution in [0.3, 0.4) is 0 Å². The fraction of sp³-hybridized carbons (Fsp3) is 0.333. The Morgan fingerprint density at radius 2 is 1.60 bits per heavy atom. The van der Waals surface area contributed by atoms with E-state index in [0.29, 0.717) is 0 Å². The summed E-state index contributed by atoms with van der Waals surface area (Å²) in [5.41, 5.74) is 6.13. The zero-order valence-electron chi connectivity index (χ0n) is 12.8. The molecule has 0 aromatic heterocycles. The van der Waals surface area contributed by atoms with Crippen molar-refractivity contribution in [2.75, 3.05) is 12.4 Å². The molecular formula is C18H23NO. The molecule has 0 heterocycles. The van der Waals surface area contributed by atoms with Crippen molar-refractivity contribution < 1.29 is 4.74 Å². The van der Waals surface area contributed by atoms with Crippen LogP contribution in [-0.2, 0) is 13.0 Å². The number of methoxy groups -OCH3 is 1. The highest BCUT2D eigenvalue weighted by Crippen LogP contribution is 2.29. The maximum absolute atomic E-state index is 5.46. The molecule has 20 heavy (non-hydrogen) atoms. The van der Waals surface area contributed by atoms with Crippen LogP contribution in [-0.4, -0.2) is 7.11 Å². The third kappa shape index (κ3) is 3.13. The van der Waals surface area contributed by atoms with Crippen molar-refractivity contribution in [3.05, 3.63) is 58.7 Å². The van der Waals surface area contributed by atoms with Gasteiger partial charge in [-0.25, -0.2) is 0 Å². The smallest absolute Gasteiger partial charge is 0.126 e. The van der Waals surface area contributed by atoms with Crippen LogP contribution >= 0.6 is 0 Å². The van der Waals surface area contributed by atoms with E-state index in [4.69, 9.17) is 4.74 Å². The molecule has 0 atom stereocenters. The summed E-state index contributed by atoms with van der Waals surface area (Å²) in [6.45, 7) is 7.17. The Hall–Kier alpha value is -1.96. The van der Waals surface area contributed by atoms with E-state index in [1.54, 1.807) is 7.11 Å². The summed E-state index contributed by atoms with van der Waals surface area (Å²) in [6, 6.07) is 13.0. The van der Waals surface area contributed by atoms with Crippen LogP contribution in [0.1, 0.15) is 29.2 Å². The van der Waals surface area contributed by atoms with Gasteiger partial charge in [-0.3, -0.25) is 0 Å². The highest BCUT2D eigenvalue weighted by atomic mass is 16.5. The predicted molar refractivity (Wildman–Crippen MR) is 85.6 cm³/mol. The molecule has 0 saturated carbocycles. The number of nitrogens with one attached hydrogen (secondary N) is 1. The summed E-state index contributed by atoms with van der Waals surface area (Å²) in [5.74, 6) is 0.969. The van der Waals surface area contributed by atoms with Crippen LogP contribution in [0.2, 0.25) is 0 Å². The summed E-state index contributed by atoms with van der Waals surface area (Å²) in [5, 5.41) is 3.49. The molecule has 1 N–H and O–H groups in total. The molecule has 0 fully saturated rings. The predicted octanol–water partition coefficient (Wildman–Crippen LogP) is 4.49. The monoisotopic (exact) mass is 269 g/mol. The minimum absolute atomic E-state index is 0.830. The Morgan fingerprint density at radius 3 is 2.20 bits per heavy atom. The first kappa shape index (κ1) is 14.4. The Labute approximate surface area is 121 Å². The van der Waals surface area contributed by atoms with Crippen LogP contribution in [0.15, 0.2) is 36.4 Å². The van der Waals surface area contributed by atoms with Crippen molar-refractivity contribution in [3.63, 3.8) is 0 Å². The standard InChI is InChI=1S/C18H23NO/c1-5-15-7-9-16(10-8-15)12-19-17-11-6-13(2)18(20-4)14(17)3/h6-11,19H,5,12H2,1-4H3. The zero-order valence-corrected chi connectivity index (χ0v) is 12.8. The van der Waals surface area contributed by atoms with E-state index in [2.05, 4.69) is 62.5 Å². The lowest BCUT2D eigenvalue weighted by molar-refractivity contribution is 0.409. The van der Waals surface area contributed by atoms with Crippen molar-refractivity contribution >= 4 is 5.69 Å². The molecule has 2 nitrogen and oxygen atoms in total. The number of anilines is 1. The van der Waals surface area contributed by atoms with Gasteiger partial charge in [0.25, 0.3) is 0 Å². The number of aryl methyl sites for hydroxylation is 2. The van der Waals surface area contributed by atoms with Gasteiger partial charge in [0.2, 0.25) is 0 Å². The minimum atomic E-state index is 0.830. The van der Waals surface area contributed by atoms with Crippen molar-refractivity contribution in [2.24, 2.45) is 0 Å². The number of ether oxygens (including phenoxy) is 1. The molecule has 0 aliphatic heterocycles. The molecule has 2 aromatic carbocycles. The molecule has 2 rings (SSSR count). The second-order valence-electron chi connectivity index (χ2n) is 5.11. The Kier molecular flexibility index (Phi) is 4.67. The highest BCUT2D eigenvalue weighted by molar-refractivity contribution is 5.59. The Bertz CT molecular complexity index is 573. The summed E-state index contributed by atoms with van der Waals surface area (Å²) < 4.78 is 5.46. The quantitative estimate of drug-likeness (QED) is 0.863. The zero-order chi connectivity index (χ0) is 14.5. The first-order valence-corrected chi connectivity index (χ1v) is 7.11. The van der Waals surface area contributed by atoms with Gasteiger partial charge >= 0.3 is 0 Å². The number of hydrogen-bond donors (Lipinski definition) is 1. The minimum Gasteiger partial charge on any atom is -0.496 e. The van der Waals surface area contributed by atoms with E-state index in [1.807, 2.05) is 0 Å². The van der Waals surface area contributed by atoms with E-state index >= 15 is 0 Å². The lowest BCUT2D eigenvalue weighted by Gasteiger charge is -2.15. The summed E-state index contributed by atoms with van der Waals surface area (Å²) in [7, 11) is 1.72. The molecule has 106 valence electrons. The van der Waals surface area contributed by atoms with Crippen molar-refractivity contribution in [3.8, 4) is 5.75 Å². The summed E-state index contributed by atoms with van der Waals surface area (Å²) >= 11 is 0. The summed E-state index contributed by atoms with van der Waals surface area (Å²) in [4.78, 5) is 0. The van der Waals surface area contributed by atoms with E-state index in [9.17, 15) is 0 Å². The maximum atomic E-state index is 5.46. The van der Waals surface area contributed by atoms with Gasteiger partial charge in [-0.1, -0.05) is 37.3 Å². The topological polar surface area (TPSA) is 21.3 Å². The third-order valence-electron chi connectivity index (χ3n) is 3.72. The fourth-order valence-electron chi connectivity index (χ4n) is 2.42. The van der Waals surface area contributed by atoms with E-state index < -0.39 is 0 Å². The number of benzene rings is 2. The molecular weight excluding hydrogens is 246 g/mol. The van der Waals surface area contributed by atoms with Crippen molar-refractivity contribution in [1.29, 1.82) is 0 Å². The molecule has 0 radical (unpaired) electrons. The molecule has 0 bridgehead atoms. The molecule has 0 saturated heterocycles. The first-order chi connectivity index (χ1) is 9.65. The van der Waals surface area contributed by atoms with Crippen LogP contribution < -0.4 is 10.1 Å². The van der Waals surface area contributed by atoms with Gasteiger partial charge in [0, 0.05) is 17.8 Å². The average molecular weight is 269 g/mol. The van der Waals surface area contributed by atoms with Gasteiger partial charge in [0.05, 0.1) is 7.11 Å². The summed E-state index contributed by atoms with van der Waals surface area (Å²) in [6.07, 6.45) is 1.09. The van der Waals surface area contributed by atoms with E-state index in [1.165, 1.54) is 16.7 Å². The molecule has 0 amide bonds. The lowest BCUT2D eigenvalue weighted by atomic mass is 10.1.